The zero-order chi connectivity index (χ0) is 9.97. The third-order valence-corrected chi connectivity index (χ3v) is 2.47. The lowest BCUT2D eigenvalue weighted by atomic mass is 10.1. The van der Waals surface area contributed by atoms with E-state index in [4.69, 9.17) is 10.5 Å². The molecule has 14 heavy (non-hydrogen) atoms. The van der Waals surface area contributed by atoms with Crippen LogP contribution in [-0.4, -0.2) is 11.1 Å². The van der Waals surface area contributed by atoms with Gasteiger partial charge in [-0.1, -0.05) is 6.92 Å². The van der Waals surface area contributed by atoms with Crippen molar-refractivity contribution >= 4 is 0 Å². The Morgan fingerprint density at radius 2 is 2.36 bits per heavy atom. The summed E-state index contributed by atoms with van der Waals surface area (Å²) in [6, 6.07) is 1.94. The van der Waals surface area contributed by atoms with Gasteiger partial charge >= 0.3 is 0 Å². The maximum Gasteiger partial charge on any atom is 0.126 e. The molecule has 1 aliphatic rings. The fourth-order valence-electron chi connectivity index (χ4n) is 1.55. The lowest BCUT2D eigenvalue weighted by Crippen LogP contribution is -2.07. The van der Waals surface area contributed by atoms with E-state index >= 15 is 0 Å². The minimum Gasteiger partial charge on any atom is -0.490 e. The van der Waals surface area contributed by atoms with Gasteiger partial charge in [-0.3, -0.25) is 4.98 Å². The van der Waals surface area contributed by atoms with Crippen molar-refractivity contribution in [1.29, 1.82) is 0 Å². The number of rotatable bonds is 4. The van der Waals surface area contributed by atoms with E-state index in [1.165, 1.54) is 18.4 Å². The van der Waals surface area contributed by atoms with Gasteiger partial charge in [0.25, 0.3) is 0 Å². The summed E-state index contributed by atoms with van der Waals surface area (Å²) in [4.78, 5) is 4.25. The van der Waals surface area contributed by atoms with Crippen LogP contribution in [0.15, 0.2) is 12.3 Å². The van der Waals surface area contributed by atoms with Crippen molar-refractivity contribution in [1.82, 2.24) is 4.98 Å². The first kappa shape index (κ1) is 9.46. The first-order valence-electron chi connectivity index (χ1n) is 5.18. The number of hydrogen-bond acceptors (Lipinski definition) is 3. The molecule has 0 aromatic carbocycles. The molecule has 3 heteroatoms. The quantitative estimate of drug-likeness (QED) is 0.789. The Morgan fingerprint density at radius 3 is 2.93 bits per heavy atom. The van der Waals surface area contributed by atoms with Crippen LogP contribution in [0.4, 0.5) is 0 Å². The second-order valence-electron chi connectivity index (χ2n) is 3.61. The third-order valence-electron chi connectivity index (χ3n) is 2.47. The summed E-state index contributed by atoms with van der Waals surface area (Å²) in [5.41, 5.74) is 7.76. The second kappa shape index (κ2) is 3.96. The molecule has 0 bridgehead atoms. The standard InChI is InChI=1S/C11H16N2O/c1-2-9-10(7-12)13-6-5-11(9)14-8-3-4-8/h5-6,8H,2-4,7,12H2,1H3. The summed E-state index contributed by atoms with van der Waals surface area (Å²) in [6.45, 7) is 2.60. The molecule has 0 saturated heterocycles. The summed E-state index contributed by atoms with van der Waals surface area (Å²) in [6.07, 6.45) is 5.52. The van der Waals surface area contributed by atoms with Gasteiger partial charge in [-0.2, -0.15) is 0 Å². The van der Waals surface area contributed by atoms with Crippen LogP contribution >= 0.6 is 0 Å². The SMILES string of the molecule is CCc1c(OC2CC2)ccnc1CN. The van der Waals surface area contributed by atoms with Gasteiger partial charge in [0.1, 0.15) is 5.75 Å². The predicted octanol–water partition coefficient (Wildman–Crippen LogP) is 1.64. The number of aromatic nitrogens is 1. The highest BCUT2D eigenvalue weighted by Crippen LogP contribution is 2.30. The van der Waals surface area contributed by atoms with Crippen molar-refractivity contribution in [3.63, 3.8) is 0 Å². The maximum atomic E-state index is 5.79. The second-order valence-corrected chi connectivity index (χ2v) is 3.61. The van der Waals surface area contributed by atoms with Gasteiger partial charge in [-0.15, -0.1) is 0 Å². The molecule has 0 radical (unpaired) electrons. The highest BCUT2D eigenvalue weighted by molar-refractivity contribution is 5.36. The zero-order valence-electron chi connectivity index (χ0n) is 8.49. The molecular weight excluding hydrogens is 176 g/mol. The molecule has 0 unspecified atom stereocenters. The summed E-state index contributed by atoms with van der Waals surface area (Å²) >= 11 is 0. The van der Waals surface area contributed by atoms with E-state index < -0.39 is 0 Å². The van der Waals surface area contributed by atoms with E-state index in [0.717, 1.165) is 17.9 Å². The highest BCUT2D eigenvalue weighted by Gasteiger charge is 2.24. The fraction of sp³-hybridized carbons (Fsp3) is 0.545. The number of hydrogen-bond donors (Lipinski definition) is 1. The summed E-state index contributed by atoms with van der Waals surface area (Å²) in [5.74, 6) is 0.977. The first-order valence-corrected chi connectivity index (χ1v) is 5.18. The highest BCUT2D eigenvalue weighted by atomic mass is 16.5. The van der Waals surface area contributed by atoms with E-state index in [1.54, 1.807) is 6.20 Å². The number of pyridine rings is 1. The van der Waals surface area contributed by atoms with Gasteiger partial charge in [0.05, 0.1) is 11.8 Å². The van der Waals surface area contributed by atoms with Crippen molar-refractivity contribution in [2.45, 2.75) is 38.8 Å². The van der Waals surface area contributed by atoms with Crippen molar-refractivity contribution in [2.24, 2.45) is 5.73 Å². The molecule has 76 valence electrons. The average molecular weight is 192 g/mol. The Balaban J connectivity index is 2.26. The van der Waals surface area contributed by atoms with Gasteiger partial charge in [-0.25, -0.2) is 0 Å². The average Bonchev–Trinajstić information content (AvgIpc) is 3.01. The summed E-state index contributed by atoms with van der Waals surface area (Å²) in [7, 11) is 0. The van der Waals surface area contributed by atoms with E-state index in [9.17, 15) is 0 Å². The molecule has 1 aromatic heterocycles. The largest absolute Gasteiger partial charge is 0.490 e. The molecule has 0 aliphatic heterocycles. The maximum absolute atomic E-state index is 5.79. The van der Waals surface area contributed by atoms with Crippen LogP contribution in [0.25, 0.3) is 0 Å². The Labute approximate surface area is 84.3 Å². The lowest BCUT2D eigenvalue weighted by molar-refractivity contribution is 0.299. The molecule has 0 amide bonds. The molecule has 2 N–H and O–H groups in total. The molecule has 1 aliphatic carbocycles. The molecule has 0 spiro atoms. The smallest absolute Gasteiger partial charge is 0.126 e. The van der Waals surface area contributed by atoms with Crippen LogP contribution in [0.5, 0.6) is 5.75 Å². The summed E-state index contributed by atoms with van der Waals surface area (Å²) in [5, 5.41) is 0. The number of nitrogens with two attached hydrogens (primary N) is 1. The minimum atomic E-state index is 0.438. The normalized spacial score (nSPS) is 15.6. The van der Waals surface area contributed by atoms with Gasteiger partial charge < -0.3 is 10.5 Å². The van der Waals surface area contributed by atoms with E-state index in [0.29, 0.717) is 12.6 Å². The number of nitrogens with zero attached hydrogens (tertiary/aromatic N) is 1. The molecule has 1 aromatic rings. The van der Waals surface area contributed by atoms with Gasteiger partial charge in [-0.05, 0) is 25.3 Å². The Kier molecular flexibility index (Phi) is 2.68. The van der Waals surface area contributed by atoms with Crippen LogP contribution < -0.4 is 10.5 Å². The van der Waals surface area contributed by atoms with Gasteiger partial charge in [0, 0.05) is 18.3 Å². The van der Waals surface area contributed by atoms with Gasteiger partial charge in [0.15, 0.2) is 0 Å². The topological polar surface area (TPSA) is 48.1 Å². The lowest BCUT2D eigenvalue weighted by Gasteiger charge is -2.11. The van der Waals surface area contributed by atoms with Crippen molar-refractivity contribution < 1.29 is 4.74 Å². The van der Waals surface area contributed by atoms with Crippen LogP contribution in [0, 0.1) is 0 Å². The molecule has 2 rings (SSSR count). The Hall–Kier alpha value is -1.09. The predicted molar refractivity (Wildman–Crippen MR) is 55.2 cm³/mol. The molecule has 3 nitrogen and oxygen atoms in total. The van der Waals surface area contributed by atoms with Gasteiger partial charge in [0.2, 0.25) is 0 Å². The van der Waals surface area contributed by atoms with Crippen molar-refractivity contribution in [2.75, 3.05) is 0 Å². The van der Waals surface area contributed by atoms with Crippen LogP contribution in [0.3, 0.4) is 0 Å². The number of ether oxygens (including phenoxy) is 1. The van der Waals surface area contributed by atoms with Crippen molar-refractivity contribution in [3.8, 4) is 5.75 Å². The Morgan fingerprint density at radius 1 is 1.57 bits per heavy atom. The van der Waals surface area contributed by atoms with Crippen LogP contribution in [-0.2, 0) is 13.0 Å². The molecule has 1 fully saturated rings. The zero-order valence-corrected chi connectivity index (χ0v) is 8.49. The Bertz CT molecular complexity index is 321. The van der Waals surface area contributed by atoms with Crippen LogP contribution in [0.2, 0.25) is 0 Å². The molecule has 1 heterocycles. The van der Waals surface area contributed by atoms with E-state index in [1.807, 2.05) is 6.07 Å². The van der Waals surface area contributed by atoms with Crippen LogP contribution in [0.1, 0.15) is 31.0 Å². The minimum absolute atomic E-state index is 0.438. The molecule has 1 saturated carbocycles. The first-order chi connectivity index (χ1) is 6.85. The van der Waals surface area contributed by atoms with E-state index in [2.05, 4.69) is 11.9 Å². The molecule has 0 atom stereocenters. The van der Waals surface area contributed by atoms with E-state index in [-0.39, 0.29) is 0 Å². The summed E-state index contributed by atoms with van der Waals surface area (Å²) < 4.78 is 5.79. The monoisotopic (exact) mass is 192 g/mol. The third kappa shape index (κ3) is 1.87. The fourth-order valence-corrected chi connectivity index (χ4v) is 1.55. The van der Waals surface area contributed by atoms with Crippen molar-refractivity contribution in [3.05, 3.63) is 23.5 Å². The molecular formula is C11H16N2O.